The number of aromatic carboxylic acids is 1. The van der Waals surface area contributed by atoms with Gasteiger partial charge >= 0.3 is 5.97 Å². The third-order valence-electron chi connectivity index (χ3n) is 2.68. The van der Waals surface area contributed by atoms with Crippen LogP contribution in [-0.2, 0) is 4.74 Å². The summed E-state index contributed by atoms with van der Waals surface area (Å²) in [7, 11) is 0. The number of halogens is 1. The van der Waals surface area contributed by atoms with Crippen molar-refractivity contribution in [1.82, 2.24) is 0 Å². The van der Waals surface area contributed by atoms with Gasteiger partial charge in [-0.05, 0) is 24.6 Å². The van der Waals surface area contributed by atoms with Crippen LogP contribution >= 0.6 is 11.6 Å². The zero-order valence-corrected chi connectivity index (χ0v) is 9.94. The van der Waals surface area contributed by atoms with Gasteiger partial charge in [0.1, 0.15) is 5.75 Å². The van der Waals surface area contributed by atoms with E-state index in [1.54, 1.807) is 6.07 Å². The van der Waals surface area contributed by atoms with Gasteiger partial charge in [0.05, 0.1) is 23.8 Å². The van der Waals surface area contributed by atoms with Crippen molar-refractivity contribution in [2.45, 2.75) is 6.42 Å². The van der Waals surface area contributed by atoms with Crippen molar-refractivity contribution < 1.29 is 19.4 Å². The summed E-state index contributed by atoms with van der Waals surface area (Å²) in [6, 6.07) is 4.65. The second kappa shape index (κ2) is 5.38. The van der Waals surface area contributed by atoms with E-state index in [4.69, 9.17) is 26.2 Å². The summed E-state index contributed by atoms with van der Waals surface area (Å²) in [6.07, 6.45) is 0.985. The first-order chi connectivity index (χ1) is 8.16. The van der Waals surface area contributed by atoms with Crippen LogP contribution in [0.25, 0.3) is 0 Å². The molecule has 1 unspecified atom stereocenters. The summed E-state index contributed by atoms with van der Waals surface area (Å²) in [5.41, 5.74) is 0.0619. The topological polar surface area (TPSA) is 55.8 Å². The lowest BCUT2D eigenvalue weighted by Gasteiger charge is -2.11. The van der Waals surface area contributed by atoms with E-state index in [1.807, 2.05) is 0 Å². The Balaban J connectivity index is 2.00. The highest BCUT2D eigenvalue weighted by molar-refractivity contribution is 6.33. The maximum atomic E-state index is 10.9. The fraction of sp³-hybridized carbons (Fsp3) is 0.417. The number of hydrogen-bond donors (Lipinski definition) is 1. The minimum atomic E-state index is -1.05. The van der Waals surface area contributed by atoms with Crippen molar-refractivity contribution >= 4 is 17.6 Å². The summed E-state index contributed by atoms with van der Waals surface area (Å²) in [6.45, 7) is 2.02. The first-order valence-electron chi connectivity index (χ1n) is 5.40. The van der Waals surface area contributed by atoms with Gasteiger partial charge in [0.15, 0.2) is 0 Å². The molecule has 0 aromatic heterocycles. The Morgan fingerprint density at radius 3 is 3.06 bits per heavy atom. The Kier molecular flexibility index (Phi) is 3.86. The maximum Gasteiger partial charge on any atom is 0.337 e. The molecule has 1 aromatic carbocycles. The van der Waals surface area contributed by atoms with Gasteiger partial charge in [-0.15, -0.1) is 0 Å². The Bertz CT molecular complexity index is 413. The summed E-state index contributed by atoms with van der Waals surface area (Å²) >= 11 is 5.76. The third kappa shape index (κ3) is 3.11. The van der Waals surface area contributed by atoms with Crippen LogP contribution in [0.5, 0.6) is 5.75 Å². The van der Waals surface area contributed by atoms with Crippen LogP contribution in [-0.4, -0.2) is 30.9 Å². The van der Waals surface area contributed by atoms with E-state index in [2.05, 4.69) is 0 Å². The number of hydrogen-bond acceptors (Lipinski definition) is 3. The lowest BCUT2D eigenvalue weighted by Crippen LogP contribution is -2.12. The largest absolute Gasteiger partial charge is 0.493 e. The van der Waals surface area contributed by atoms with Gasteiger partial charge in [0.25, 0.3) is 0 Å². The van der Waals surface area contributed by atoms with Gasteiger partial charge < -0.3 is 14.6 Å². The van der Waals surface area contributed by atoms with Crippen molar-refractivity contribution in [1.29, 1.82) is 0 Å². The van der Waals surface area contributed by atoms with Gasteiger partial charge in [-0.2, -0.15) is 0 Å². The molecule has 4 nitrogen and oxygen atoms in total. The normalized spacial score (nSPS) is 19.2. The van der Waals surface area contributed by atoms with Crippen molar-refractivity contribution in [2.75, 3.05) is 19.8 Å². The van der Waals surface area contributed by atoms with E-state index in [-0.39, 0.29) is 10.6 Å². The minimum Gasteiger partial charge on any atom is -0.493 e. The highest BCUT2D eigenvalue weighted by Crippen LogP contribution is 2.23. The van der Waals surface area contributed by atoms with E-state index in [9.17, 15) is 4.79 Å². The van der Waals surface area contributed by atoms with E-state index in [1.165, 1.54) is 12.1 Å². The number of carboxylic acid groups (broad SMARTS) is 1. The van der Waals surface area contributed by atoms with Crippen LogP contribution in [0.4, 0.5) is 0 Å². The molecule has 0 aliphatic carbocycles. The zero-order valence-electron chi connectivity index (χ0n) is 9.19. The molecule has 0 bridgehead atoms. The number of benzene rings is 1. The molecule has 1 N–H and O–H groups in total. The molecule has 1 fully saturated rings. The molecular weight excluding hydrogens is 244 g/mol. The average Bonchev–Trinajstić information content (AvgIpc) is 2.80. The van der Waals surface area contributed by atoms with Crippen molar-refractivity contribution in [3.63, 3.8) is 0 Å². The molecule has 92 valence electrons. The summed E-state index contributed by atoms with van der Waals surface area (Å²) < 4.78 is 10.8. The fourth-order valence-corrected chi connectivity index (χ4v) is 1.89. The molecule has 1 atom stereocenters. The van der Waals surface area contributed by atoms with Crippen LogP contribution in [0.2, 0.25) is 5.02 Å². The molecule has 17 heavy (non-hydrogen) atoms. The zero-order chi connectivity index (χ0) is 12.3. The van der Waals surface area contributed by atoms with Crippen LogP contribution < -0.4 is 4.74 Å². The van der Waals surface area contributed by atoms with Crippen LogP contribution in [0.1, 0.15) is 16.8 Å². The number of carbonyl (C=O) groups is 1. The lowest BCUT2D eigenvalue weighted by molar-refractivity contribution is 0.0696. The highest BCUT2D eigenvalue weighted by atomic mass is 35.5. The minimum absolute atomic E-state index is 0.0619. The molecule has 2 rings (SSSR count). The van der Waals surface area contributed by atoms with Crippen LogP contribution in [0, 0.1) is 5.92 Å². The number of carboxylic acids is 1. The summed E-state index contributed by atoms with van der Waals surface area (Å²) in [5.74, 6) is -0.137. The van der Waals surface area contributed by atoms with Gasteiger partial charge in [0, 0.05) is 12.5 Å². The maximum absolute atomic E-state index is 10.9. The molecule has 5 heteroatoms. The molecule has 1 aromatic rings. The molecule has 1 saturated heterocycles. The Labute approximate surface area is 104 Å². The predicted molar refractivity (Wildman–Crippen MR) is 62.8 cm³/mol. The van der Waals surface area contributed by atoms with Gasteiger partial charge in [-0.1, -0.05) is 11.6 Å². The standard InChI is InChI=1S/C12H13ClO4/c13-11-2-1-9(5-10(11)12(14)15)17-7-8-3-4-16-6-8/h1-2,5,8H,3-4,6-7H2,(H,14,15). The van der Waals surface area contributed by atoms with E-state index >= 15 is 0 Å². The van der Waals surface area contributed by atoms with Crippen molar-refractivity contribution in [2.24, 2.45) is 5.92 Å². The molecule has 1 aliphatic rings. The van der Waals surface area contributed by atoms with Crippen molar-refractivity contribution in [3.05, 3.63) is 28.8 Å². The Hall–Kier alpha value is -1.26. The number of rotatable bonds is 4. The number of ether oxygens (including phenoxy) is 2. The van der Waals surface area contributed by atoms with Gasteiger partial charge in [-0.25, -0.2) is 4.79 Å². The molecule has 0 radical (unpaired) electrons. The van der Waals surface area contributed by atoms with Crippen molar-refractivity contribution in [3.8, 4) is 5.75 Å². The van der Waals surface area contributed by atoms with E-state index < -0.39 is 5.97 Å². The van der Waals surface area contributed by atoms with Crippen LogP contribution in [0.15, 0.2) is 18.2 Å². The molecule has 0 saturated carbocycles. The molecular formula is C12H13ClO4. The van der Waals surface area contributed by atoms with E-state index in [0.717, 1.165) is 13.0 Å². The molecule has 1 heterocycles. The molecule has 0 amide bonds. The second-order valence-electron chi connectivity index (χ2n) is 3.99. The monoisotopic (exact) mass is 256 g/mol. The molecule has 0 spiro atoms. The average molecular weight is 257 g/mol. The Morgan fingerprint density at radius 1 is 1.59 bits per heavy atom. The quantitative estimate of drug-likeness (QED) is 0.899. The van der Waals surface area contributed by atoms with E-state index in [0.29, 0.717) is 24.9 Å². The second-order valence-corrected chi connectivity index (χ2v) is 4.39. The van der Waals surface area contributed by atoms with Crippen LogP contribution in [0.3, 0.4) is 0 Å². The Morgan fingerprint density at radius 2 is 2.41 bits per heavy atom. The highest BCUT2D eigenvalue weighted by Gasteiger charge is 2.17. The first kappa shape index (κ1) is 12.2. The fourth-order valence-electron chi connectivity index (χ4n) is 1.69. The smallest absolute Gasteiger partial charge is 0.337 e. The lowest BCUT2D eigenvalue weighted by atomic mass is 10.1. The SMILES string of the molecule is O=C(O)c1cc(OCC2CCOC2)ccc1Cl. The molecule has 1 aliphatic heterocycles. The third-order valence-corrected chi connectivity index (χ3v) is 3.01. The summed E-state index contributed by atoms with van der Waals surface area (Å²) in [4.78, 5) is 10.9. The summed E-state index contributed by atoms with van der Waals surface area (Å²) in [5, 5.41) is 9.13. The van der Waals surface area contributed by atoms with Gasteiger partial charge in [-0.3, -0.25) is 0 Å². The van der Waals surface area contributed by atoms with Gasteiger partial charge in [0.2, 0.25) is 0 Å². The first-order valence-corrected chi connectivity index (χ1v) is 5.78. The predicted octanol–water partition coefficient (Wildman–Crippen LogP) is 2.45.